The summed E-state index contributed by atoms with van der Waals surface area (Å²) in [6.45, 7) is 9.47. The maximum Gasteiger partial charge on any atom is 0.0598 e. The Balaban J connectivity index is 2.57. The summed E-state index contributed by atoms with van der Waals surface area (Å²) in [5.74, 6) is 0.392. The fourth-order valence-electron chi connectivity index (χ4n) is 2.11. The quantitative estimate of drug-likeness (QED) is 0.702. The highest BCUT2D eigenvalue weighted by Crippen LogP contribution is 2.23. The molecule has 1 aromatic rings. The molecule has 0 aliphatic carbocycles. The Kier molecular flexibility index (Phi) is 8.27. The van der Waals surface area contributed by atoms with Crippen LogP contribution in [0.25, 0.3) is 0 Å². The zero-order valence-corrected chi connectivity index (χ0v) is 14.4. The van der Waals surface area contributed by atoms with Gasteiger partial charge in [0, 0.05) is 31.8 Å². The van der Waals surface area contributed by atoms with Crippen LogP contribution in [-0.2, 0) is 9.47 Å². The Bertz CT molecular complexity index is 404. The van der Waals surface area contributed by atoms with E-state index in [-0.39, 0.29) is 5.60 Å². The predicted octanol–water partition coefficient (Wildman–Crippen LogP) is 3.86. The van der Waals surface area contributed by atoms with E-state index >= 15 is 0 Å². The molecule has 0 bridgehead atoms. The van der Waals surface area contributed by atoms with Crippen molar-refractivity contribution in [3.8, 4) is 0 Å². The third-order valence-corrected chi connectivity index (χ3v) is 3.43. The van der Waals surface area contributed by atoms with Crippen molar-refractivity contribution in [3.05, 3.63) is 34.9 Å². The number of ether oxygens (including phenoxy) is 2. The van der Waals surface area contributed by atoms with Crippen LogP contribution in [0, 0.1) is 0 Å². The average Bonchev–Trinajstić information content (AvgIpc) is 2.40. The molecule has 1 atom stereocenters. The lowest BCUT2D eigenvalue weighted by molar-refractivity contribution is -0.00625. The summed E-state index contributed by atoms with van der Waals surface area (Å²) >= 11 is 6.11. The van der Waals surface area contributed by atoms with E-state index in [1.807, 2.05) is 18.2 Å². The molecule has 120 valence electrons. The number of nitrogens with one attached hydrogen (secondary N) is 1. The molecule has 0 saturated heterocycles. The monoisotopic (exact) mass is 313 g/mol. The van der Waals surface area contributed by atoms with Crippen LogP contribution in [0.3, 0.4) is 0 Å². The van der Waals surface area contributed by atoms with Gasteiger partial charge in [0.1, 0.15) is 0 Å². The number of rotatable bonds is 9. The van der Waals surface area contributed by atoms with Gasteiger partial charge in [-0.05, 0) is 50.8 Å². The lowest BCUT2D eigenvalue weighted by atomic mass is 9.96. The smallest absolute Gasteiger partial charge is 0.0598 e. The normalized spacial score (nSPS) is 13.4. The molecule has 0 aromatic heterocycles. The van der Waals surface area contributed by atoms with Gasteiger partial charge in [-0.1, -0.05) is 23.7 Å². The van der Waals surface area contributed by atoms with Crippen molar-refractivity contribution in [2.45, 2.75) is 38.7 Å². The molecule has 0 amide bonds. The number of hydrogen-bond acceptors (Lipinski definition) is 3. The van der Waals surface area contributed by atoms with Gasteiger partial charge < -0.3 is 14.8 Å². The summed E-state index contributed by atoms with van der Waals surface area (Å²) < 4.78 is 10.9. The van der Waals surface area contributed by atoms with E-state index in [2.05, 4.69) is 32.2 Å². The number of hydrogen-bond donors (Lipinski definition) is 1. The van der Waals surface area contributed by atoms with Crippen molar-refractivity contribution < 1.29 is 9.47 Å². The average molecular weight is 314 g/mol. The van der Waals surface area contributed by atoms with Gasteiger partial charge in [0.2, 0.25) is 0 Å². The first-order valence-corrected chi connectivity index (χ1v) is 7.89. The topological polar surface area (TPSA) is 30.5 Å². The summed E-state index contributed by atoms with van der Waals surface area (Å²) in [6.07, 6.45) is 0.970. The lowest BCUT2D eigenvalue weighted by Crippen LogP contribution is -2.27. The Morgan fingerprint density at radius 1 is 1.24 bits per heavy atom. The second kappa shape index (κ2) is 9.42. The molecule has 4 heteroatoms. The SMILES string of the molecule is COCCNCC(CCOC(C)(C)C)c1cccc(Cl)c1. The van der Waals surface area contributed by atoms with Crippen LogP contribution in [0.1, 0.15) is 38.7 Å². The van der Waals surface area contributed by atoms with Crippen molar-refractivity contribution in [1.29, 1.82) is 0 Å². The van der Waals surface area contributed by atoms with Crippen LogP contribution < -0.4 is 5.32 Å². The minimum atomic E-state index is -0.0949. The van der Waals surface area contributed by atoms with Crippen molar-refractivity contribution in [3.63, 3.8) is 0 Å². The van der Waals surface area contributed by atoms with Crippen molar-refractivity contribution in [2.24, 2.45) is 0 Å². The van der Waals surface area contributed by atoms with Gasteiger partial charge in [0.25, 0.3) is 0 Å². The summed E-state index contributed by atoms with van der Waals surface area (Å²) in [5, 5.41) is 4.21. The van der Waals surface area contributed by atoms with Crippen LogP contribution in [0.4, 0.5) is 0 Å². The number of benzene rings is 1. The molecule has 0 saturated carbocycles. The fraction of sp³-hybridized carbons (Fsp3) is 0.647. The molecule has 1 rings (SSSR count). The van der Waals surface area contributed by atoms with Gasteiger partial charge in [-0.3, -0.25) is 0 Å². The van der Waals surface area contributed by atoms with Crippen LogP contribution >= 0.6 is 11.6 Å². The zero-order chi connectivity index (χ0) is 15.7. The van der Waals surface area contributed by atoms with E-state index in [1.165, 1.54) is 5.56 Å². The van der Waals surface area contributed by atoms with Crippen molar-refractivity contribution >= 4 is 11.6 Å². The molecular formula is C17H28ClNO2. The molecule has 3 nitrogen and oxygen atoms in total. The Labute approximate surface area is 134 Å². The highest BCUT2D eigenvalue weighted by atomic mass is 35.5. The van der Waals surface area contributed by atoms with Gasteiger partial charge in [-0.2, -0.15) is 0 Å². The second-order valence-corrected chi connectivity index (χ2v) is 6.63. The van der Waals surface area contributed by atoms with E-state index in [9.17, 15) is 0 Å². The van der Waals surface area contributed by atoms with Gasteiger partial charge in [0.15, 0.2) is 0 Å². The minimum Gasteiger partial charge on any atom is -0.383 e. The Hall–Kier alpha value is -0.610. The third-order valence-electron chi connectivity index (χ3n) is 3.20. The molecule has 1 N–H and O–H groups in total. The van der Waals surface area contributed by atoms with Crippen LogP contribution in [0.2, 0.25) is 5.02 Å². The molecule has 0 heterocycles. The highest BCUT2D eigenvalue weighted by Gasteiger charge is 2.15. The van der Waals surface area contributed by atoms with Crippen molar-refractivity contribution in [1.82, 2.24) is 5.32 Å². The molecule has 0 aliphatic heterocycles. The van der Waals surface area contributed by atoms with Gasteiger partial charge in [-0.15, -0.1) is 0 Å². The maximum absolute atomic E-state index is 6.11. The predicted molar refractivity (Wildman–Crippen MR) is 89.3 cm³/mol. The summed E-state index contributed by atoms with van der Waals surface area (Å²) in [6, 6.07) is 8.09. The molecule has 0 spiro atoms. The number of halogens is 1. The van der Waals surface area contributed by atoms with E-state index in [0.29, 0.717) is 5.92 Å². The molecular weight excluding hydrogens is 286 g/mol. The van der Waals surface area contributed by atoms with E-state index < -0.39 is 0 Å². The molecule has 0 aliphatic rings. The van der Waals surface area contributed by atoms with Gasteiger partial charge >= 0.3 is 0 Å². The summed E-state index contributed by atoms with van der Waals surface area (Å²) in [5.41, 5.74) is 1.16. The van der Waals surface area contributed by atoms with Crippen LogP contribution in [0.15, 0.2) is 24.3 Å². The first kappa shape index (κ1) is 18.4. The molecule has 1 unspecified atom stereocenters. The third kappa shape index (κ3) is 8.42. The van der Waals surface area contributed by atoms with Crippen LogP contribution in [-0.4, -0.2) is 39.0 Å². The summed E-state index contributed by atoms with van der Waals surface area (Å²) in [7, 11) is 1.72. The summed E-state index contributed by atoms with van der Waals surface area (Å²) in [4.78, 5) is 0. The maximum atomic E-state index is 6.11. The van der Waals surface area contributed by atoms with Gasteiger partial charge in [-0.25, -0.2) is 0 Å². The zero-order valence-electron chi connectivity index (χ0n) is 13.6. The molecule has 1 aromatic carbocycles. The lowest BCUT2D eigenvalue weighted by Gasteiger charge is -2.23. The molecule has 0 radical (unpaired) electrons. The number of methoxy groups -OCH3 is 1. The first-order valence-electron chi connectivity index (χ1n) is 7.51. The second-order valence-electron chi connectivity index (χ2n) is 6.20. The molecule has 21 heavy (non-hydrogen) atoms. The van der Waals surface area contributed by atoms with E-state index in [0.717, 1.165) is 37.7 Å². The standard InChI is InChI=1S/C17H28ClNO2/c1-17(2,3)21-10-8-15(13-19-9-11-20-4)14-6-5-7-16(18)12-14/h5-7,12,15,19H,8-11,13H2,1-4H3. The van der Waals surface area contributed by atoms with Crippen LogP contribution in [0.5, 0.6) is 0 Å². The first-order chi connectivity index (χ1) is 9.92. The largest absolute Gasteiger partial charge is 0.383 e. The van der Waals surface area contributed by atoms with E-state index in [1.54, 1.807) is 7.11 Å². The Morgan fingerprint density at radius 2 is 2.00 bits per heavy atom. The highest BCUT2D eigenvalue weighted by molar-refractivity contribution is 6.30. The molecule has 0 fully saturated rings. The Morgan fingerprint density at radius 3 is 2.62 bits per heavy atom. The van der Waals surface area contributed by atoms with Crippen molar-refractivity contribution in [2.75, 3.05) is 33.4 Å². The fourth-order valence-corrected chi connectivity index (χ4v) is 2.30. The van der Waals surface area contributed by atoms with E-state index in [4.69, 9.17) is 21.1 Å². The van der Waals surface area contributed by atoms with Gasteiger partial charge in [0.05, 0.1) is 12.2 Å². The minimum absolute atomic E-state index is 0.0949.